The minimum atomic E-state index is -0.595. The Hall–Kier alpha value is -2.19. The fourth-order valence-electron chi connectivity index (χ4n) is 2.74. The lowest BCUT2D eigenvalue weighted by atomic mass is 10.00. The van der Waals surface area contributed by atoms with Gasteiger partial charge in [-0.3, -0.25) is 0 Å². The first-order chi connectivity index (χ1) is 14.8. The molecule has 0 fully saturated rings. The SMILES string of the molecule is COC=C(C(=O)OC)c1ccccc1C=C(F)c1nc(-c2ccc(Cl)c(Cl)c2)c(Br)s1. The van der Waals surface area contributed by atoms with Gasteiger partial charge in [0.15, 0.2) is 10.8 Å². The highest BCUT2D eigenvalue weighted by molar-refractivity contribution is 9.11. The second-order valence-corrected chi connectivity index (χ2v) is 9.24. The zero-order valence-corrected chi connectivity index (χ0v) is 20.2. The molecule has 0 amide bonds. The summed E-state index contributed by atoms with van der Waals surface area (Å²) >= 11 is 16.6. The van der Waals surface area contributed by atoms with E-state index in [0.717, 1.165) is 11.3 Å². The minimum absolute atomic E-state index is 0.165. The second kappa shape index (κ2) is 10.4. The number of methoxy groups -OCH3 is 2. The zero-order chi connectivity index (χ0) is 22.5. The lowest BCUT2D eigenvalue weighted by Crippen LogP contribution is -2.05. The Kier molecular flexibility index (Phi) is 7.89. The highest BCUT2D eigenvalue weighted by atomic mass is 79.9. The van der Waals surface area contributed by atoms with Crippen molar-refractivity contribution in [1.29, 1.82) is 0 Å². The number of benzene rings is 2. The predicted molar refractivity (Wildman–Crippen MR) is 128 cm³/mol. The van der Waals surface area contributed by atoms with Crippen LogP contribution in [0.3, 0.4) is 0 Å². The van der Waals surface area contributed by atoms with Gasteiger partial charge in [-0.1, -0.05) is 53.5 Å². The van der Waals surface area contributed by atoms with E-state index in [0.29, 0.717) is 36.2 Å². The summed E-state index contributed by atoms with van der Waals surface area (Å²) in [5.74, 6) is -1.16. The molecule has 1 heterocycles. The summed E-state index contributed by atoms with van der Waals surface area (Å²) in [5.41, 5.74) is 2.35. The minimum Gasteiger partial charge on any atom is -0.503 e. The summed E-state index contributed by atoms with van der Waals surface area (Å²) in [5, 5.41) is 0.967. The van der Waals surface area contributed by atoms with Crippen LogP contribution in [-0.2, 0) is 14.3 Å². The highest BCUT2D eigenvalue weighted by Gasteiger charge is 2.18. The molecule has 31 heavy (non-hydrogen) atoms. The lowest BCUT2D eigenvalue weighted by Gasteiger charge is -2.09. The van der Waals surface area contributed by atoms with Gasteiger partial charge in [-0.25, -0.2) is 14.2 Å². The lowest BCUT2D eigenvalue weighted by molar-refractivity contribution is -0.133. The number of hydrogen-bond acceptors (Lipinski definition) is 5. The van der Waals surface area contributed by atoms with Gasteiger partial charge in [0.1, 0.15) is 5.57 Å². The molecule has 2 aromatic carbocycles. The summed E-state index contributed by atoms with van der Waals surface area (Å²) in [7, 11) is 2.68. The van der Waals surface area contributed by atoms with Gasteiger partial charge in [0.2, 0.25) is 0 Å². The molecule has 0 unspecified atom stereocenters. The average Bonchev–Trinajstić information content (AvgIpc) is 3.16. The smallest absolute Gasteiger partial charge is 0.341 e. The molecule has 0 aliphatic carbocycles. The number of carbonyl (C=O) groups excluding carboxylic acids is 1. The molecule has 9 heteroatoms. The van der Waals surface area contributed by atoms with Crippen LogP contribution in [0.5, 0.6) is 0 Å². The number of carbonyl (C=O) groups is 1. The van der Waals surface area contributed by atoms with Crippen molar-refractivity contribution in [2.45, 2.75) is 0 Å². The number of hydrogen-bond donors (Lipinski definition) is 0. The molecule has 0 saturated heterocycles. The van der Waals surface area contributed by atoms with Crippen LogP contribution in [-0.4, -0.2) is 25.2 Å². The molecule has 0 saturated carbocycles. The average molecular weight is 543 g/mol. The number of esters is 1. The van der Waals surface area contributed by atoms with Crippen LogP contribution in [0.1, 0.15) is 16.1 Å². The van der Waals surface area contributed by atoms with E-state index in [-0.39, 0.29) is 10.6 Å². The van der Waals surface area contributed by atoms with Crippen LogP contribution < -0.4 is 0 Å². The van der Waals surface area contributed by atoms with Crippen molar-refractivity contribution >= 4 is 73.9 Å². The maximum atomic E-state index is 15.2. The van der Waals surface area contributed by atoms with Gasteiger partial charge in [0, 0.05) is 5.56 Å². The molecule has 0 atom stereocenters. The van der Waals surface area contributed by atoms with Crippen LogP contribution >= 0.6 is 50.5 Å². The molecule has 0 N–H and O–H groups in total. The maximum absolute atomic E-state index is 15.2. The molecule has 0 bridgehead atoms. The normalized spacial score (nSPS) is 12.1. The molecule has 4 nitrogen and oxygen atoms in total. The van der Waals surface area contributed by atoms with E-state index in [1.807, 2.05) is 0 Å². The molecule has 0 radical (unpaired) electrons. The van der Waals surface area contributed by atoms with E-state index in [1.165, 1.54) is 26.6 Å². The molecule has 160 valence electrons. The van der Waals surface area contributed by atoms with Crippen molar-refractivity contribution < 1.29 is 18.7 Å². The molecule has 1 aromatic heterocycles. The van der Waals surface area contributed by atoms with Gasteiger partial charge in [-0.05, 0) is 45.3 Å². The molecule has 3 aromatic rings. The van der Waals surface area contributed by atoms with Crippen LogP contribution in [0.25, 0.3) is 28.7 Å². The highest BCUT2D eigenvalue weighted by Crippen LogP contribution is 2.38. The third-order valence-electron chi connectivity index (χ3n) is 4.16. The van der Waals surface area contributed by atoms with E-state index >= 15 is 4.39 Å². The fraction of sp³-hybridized carbons (Fsp3) is 0.0909. The zero-order valence-electron chi connectivity index (χ0n) is 16.3. The molecular weight excluding hydrogens is 528 g/mol. The number of aromatic nitrogens is 1. The van der Waals surface area contributed by atoms with Gasteiger partial charge >= 0.3 is 5.97 Å². The molecular formula is C22H15BrCl2FNO3S. The molecule has 0 aliphatic heterocycles. The Labute approximate surface area is 201 Å². The number of nitrogens with zero attached hydrogens (tertiary/aromatic N) is 1. The summed E-state index contributed by atoms with van der Waals surface area (Å²) in [4.78, 5) is 16.5. The predicted octanol–water partition coefficient (Wildman–Crippen LogP) is 7.51. The van der Waals surface area contributed by atoms with Gasteiger partial charge in [-0.15, -0.1) is 11.3 Å². The van der Waals surface area contributed by atoms with Crippen molar-refractivity contribution in [1.82, 2.24) is 4.98 Å². The quantitative estimate of drug-likeness (QED) is 0.184. The Bertz CT molecular complexity index is 1190. The van der Waals surface area contributed by atoms with Crippen LogP contribution in [0.15, 0.2) is 52.5 Å². The number of ether oxygens (including phenoxy) is 2. The topological polar surface area (TPSA) is 48.4 Å². The Morgan fingerprint density at radius 2 is 1.90 bits per heavy atom. The fourth-order valence-corrected chi connectivity index (χ4v) is 4.54. The van der Waals surface area contributed by atoms with E-state index in [4.69, 9.17) is 32.7 Å². The van der Waals surface area contributed by atoms with Crippen molar-refractivity contribution in [3.63, 3.8) is 0 Å². The number of rotatable bonds is 6. The summed E-state index contributed by atoms with van der Waals surface area (Å²) in [6.07, 6.45) is 2.57. The standard InChI is InChI=1S/C22H15BrCl2FNO3S/c1-29-11-15(22(28)30-2)14-6-4-3-5-12(14)10-18(26)21-27-19(20(23)31-21)13-7-8-16(24)17(25)9-13/h3-11H,1-2H3. The first kappa shape index (κ1) is 23.5. The summed E-state index contributed by atoms with van der Waals surface area (Å²) in [6.45, 7) is 0. The Morgan fingerprint density at radius 3 is 2.58 bits per heavy atom. The van der Waals surface area contributed by atoms with Crippen molar-refractivity contribution in [2.75, 3.05) is 14.2 Å². The van der Waals surface area contributed by atoms with Crippen LogP contribution in [0.4, 0.5) is 4.39 Å². The van der Waals surface area contributed by atoms with Crippen molar-refractivity contribution in [3.8, 4) is 11.3 Å². The van der Waals surface area contributed by atoms with E-state index in [1.54, 1.807) is 42.5 Å². The van der Waals surface area contributed by atoms with Gasteiger partial charge in [0.05, 0.1) is 40.0 Å². The largest absolute Gasteiger partial charge is 0.503 e. The Morgan fingerprint density at radius 1 is 1.16 bits per heavy atom. The van der Waals surface area contributed by atoms with Crippen molar-refractivity contribution in [3.05, 3.63) is 78.7 Å². The number of thiazole rings is 1. The Balaban J connectivity index is 2.02. The molecule has 3 rings (SSSR count). The van der Waals surface area contributed by atoms with Crippen LogP contribution in [0.2, 0.25) is 10.0 Å². The van der Waals surface area contributed by atoms with E-state index < -0.39 is 11.8 Å². The summed E-state index contributed by atoms with van der Waals surface area (Å²) < 4.78 is 25.6. The summed E-state index contributed by atoms with van der Waals surface area (Å²) in [6, 6.07) is 11.9. The third-order valence-corrected chi connectivity index (χ3v) is 6.61. The molecule has 0 aliphatic rings. The third kappa shape index (κ3) is 5.36. The second-order valence-electron chi connectivity index (χ2n) is 6.11. The van der Waals surface area contributed by atoms with Gasteiger partial charge in [-0.2, -0.15) is 0 Å². The first-order valence-corrected chi connectivity index (χ1v) is 11.1. The number of halogens is 4. The van der Waals surface area contributed by atoms with E-state index in [2.05, 4.69) is 20.9 Å². The van der Waals surface area contributed by atoms with Gasteiger partial charge < -0.3 is 9.47 Å². The van der Waals surface area contributed by atoms with E-state index in [9.17, 15) is 4.79 Å². The van der Waals surface area contributed by atoms with Crippen LogP contribution in [0, 0.1) is 0 Å². The molecule has 0 spiro atoms. The first-order valence-electron chi connectivity index (χ1n) is 8.75. The maximum Gasteiger partial charge on any atom is 0.341 e. The monoisotopic (exact) mass is 541 g/mol. The van der Waals surface area contributed by atoms with Crippen molar-refractivity contribution in [2.24, 2.45) is 0 Å². The van der Waals surface area contributed by atoms with Gasteiger partial charge in [0.25, 0.3) is 0 Å².